The van der Waals surface area contributed by atoms with Crippen LogP contribution >= 0.6 is 0 Å². The maximum Gasteiger partial charge on any atom is 0.286 e. The van der Waals surface area contributed by atoms with Gasteiger partial charge in [0.25, 0.3) is 5.91 Å². The molecule has 0 aliphatic heterocycles. The fourth-order valence-corrected chi connectivity index (χ4v) is 1.25. The first-order chi connectivity index (χ1) is 7.50. The van der Waals surface area contributed by atoms with Gasteiger partial charge in [-0.15, -0.1) is 0 Å². The minimum Gasteiger partial charge on any atom is -0.322 e. The number of rotatable bonds is 3. The van der Waals surface area contributed by atoms with Gasteiger partial charge in [-0.25, -0.2) is 0 Å². The summed E-state index contributed by atoms with van der Waals surface area (Å²) in [6, 6.07) is 7.43. The molecule has 0 saturated heterocycles. The first kappa shape index (κ1) is 12.0. The Hall–Kier alpha value is -2.10. The van der Waals surface area contributed by atoms with Crippen LogP contribution < -0.4 is 11.1 Å². The van der Waals surface area contributed by atoms with Gasteiger partial charge in [0.15, 0.2) is 0 Å². The van der Waals surface area contributed by atoms with Crippen LogP contribution in [0, 0.1) is 6.92 Å². The molecule has 1 aromatic carbocycles. The predicted octanol–water partition coefficient (Wildman–Crippen LogP) is 1.28. The van der Waals surface area contributed by atoms with Crippen LogP contribution in [0.3, 0.4) is 0 Å². The van der Waals surface area contributed by atoms with Crippen LogP contribution in [-0.2, 0) is 9.59 Å². The third-order valence-corrected chi connectivity index (χ3v) is 2.04. The van der Waals surface area contributed by atoms with Crippen molar-refractivity contribution in [3.8, 4) is 0 Å². The standard InChI is InChI=1S/C12H13N2O2/c1-8-5-3-4-6-10(8)7-11(12(13)16)14-9(2)15/h3-7,13H,1-2H3,(H,14,15)/b11-7-. The Kier molecular flexibility index (Phi) is 3.83. The second kappa shape index (κ2) is 5.11. The molecule has 1 rings (SSSR count). The molecule has 4 nitrogen and oxygen atoms in total. The Bertz CT molecular complexity index is 450. The molecule has 0 fully saturated rings. The van der Waals surface area contributed by atoms with Crippen LogP contribution in [0.25, 0.3) is 6.08 Å². The van der Waals surface area contributed by atoms with Gasteiger partial charge in [0, 0.05) is 6.92 Å². The van der Waals surface area contributed by atoms with Crippen molar-refractivity contribution in [2.24, 2.45) is 0 Å². The van der Waals surface area contributed by atoms with Crippen LogP contribution in [0.5, 0.6) is 0 Å². The zero-order valence-electron chi connectivity index (χ0n) is 9.20. The van der Waals surface area contributed by atoms with Crippen LogP contribution in [0.2, 0.25) is 0 Å². The molecule has 0 atom stereocenters. The fraction of sp³-hybridized carbons (Fsp3) is 0.167. The molecule has 2 amide bonds. The molecule has 0 aromatic heterocycles. The highest BCUT2D eigenvalue weighted by atomic mass is 16.2. The lowest BCUT2D eigenvalue weighted by Crippen LogP contribution is -2.25. The van der Waals surface area contributed by atoms with E-state index in [-0.39, 0.29) is 11.6 Å². The van der Waals surface area contributed by atoms with Gasteiger partial charge in [-0.1, -0.05) is 24.3 Å². The lowest BCUT2D eigenvalue weighted by molar-refractivity contribution is -0.121. The van der Waals surface area contributed by atoms with Crippen molar-refractivity contribution in [3.63, 3.8) is 0 Å². The molecule has 0 saturated carbocycles. The second-order valence-electron chi connectivity index (χ2n) is 3.42. The van der Waals surface area contributed by atoms with Gasteiger partial charge in [0.2, 0.25) is 5.91 Å². The SMILES string of the molecule is CC(=O)N/C(=C\c1ccccc1C)C([NH])=O. The van der Waals surface area contributed by atoms with Gasteiger partial charge in [0.05, 0.1) is 0 Å². The van der Waals surface area contributed by atoms with Crippen LogP contribution in [0.4, 0.5) is 0 Å². The quantitative estimate of drug-likeness (QED) is 0.775. The van der Waals surface area contributed by atoms with E-state index in [0.717, 1.165) is 11.1 Å². The number of hydrogen-bond donors (Lipinski definition) is 1. The van der Waals surface area contributed by atoms with Crippen LogP contribution in [0.15, 0.2) is 30.0 Å². The van der Waals surface area contributed by atoms with E-state index in [1.807, 2.05) is 31.2 Å². The molecule has 2 N–H and O–H groups in total. The molecule has 0 aliphatic carbocycles. The summed E-state index contributed by atoms with van der Waals surface area (Å²) in [5.41, 5.74) is 8.80. The van der Waals surface area contributed by atoms with E-state index < -0.39 is 5.91 Å². The minimum atomic E-state index is -0.904. The van der Waals surface area contributed by atoms with E-state index in [1.165, 1.54) is 13.0 Å². The number of hydrogen-bond acceptors (Lipinski definition) is 2. The lowest BCUT2D eigenvalue weighted by Gasteiger charge is -2.05. The fourth-order valence-electron chi connectivity index (χ4n) is 1.25. The molecular formula is C12H13N2O2. The summed E-state index contributed by atoms with van der Waals surface area (Å²) in [7, 11) is 0. The van der Waals surface area contributed by atoms with Crippen molar-refractivity contribution < 1.29 is 9.59 Å². The molecule has 0 bridgehead atoms. The number of aryl methyl sites for hydroxylation is 1. The molecule has 0 unspecified atom stereocenters. The summed E-state index contributed by atoms with van der Waals surface area (Å²) in [5, 5.41) is 2.34. The number of carbonyl (C=O) groups is 2. The molecule has 4 heteroatoms. The number of carbonyl (C=O) groups excluding carboxylic acids is 2. The third kappa shape index (κ3) is 3.24. The van der Waals surface area contributed by atoms with Gasteiger partial charge in [-0.05, 0) is 24.1 Å². The van der Waals surface area contributed by atoms with E-state index in [4.69, 9.17) is 5.73 Å². The van der Waals surface area contributed by atoms with Crippen molar-refractivity contribution >= 4 is 17.9 Å². The Labute approximate surface area is 94.1 Å². The Morgan fingerprint density at radius 2 is 1.94 bits per heavy atom. The van der Waals surface area contributed by atoms with Gasteiger partial charge in [-0.3, -0.25) is 15.3 Å². The van der Waals surface area contributed by atoms with Crippen molar-refractivity contribution in [1.29, 1.82) is 0 Å². The highest BCUT2D eigenvalue weighted by molar-refractivity contribution is 5.99. The van der Waals surface area contributed by atoms with Crippen LogP contribution in [-0.4, -0.2) is 11.8 Å². The van der Waals surface area contributed by atoms with E-state index in [0.29, 0.717) is 0 Å². The van der Waals surface area contributed by atoms with Gasteiger partial charge in [-0.2, -0.15) is 0 Å². The van der Waals surface area contributed by atoms with E-state index in [2.05, 4.69) is 5.32 Å². The van der Waals surface area contributed by atoms with Gasteiger partial charge >= 0.3 is 0 Å². The number of benzene rings is 1. The average Bonchev–Trinajstić information content (AvgIpc) is 2.19. The maximum atomic E-state index is 11.0. The summed E-state index contributed by atoms with van der Waals surface area (Å²) < 4.78 is 0. The summed E-state index contributed by atoms with van der Waals surface area (Å²) >= 11 is 0. The monoisotopic (exact) mass is 217 g/mol. The summed E-state index contributed by atoms with van der Waals surface area (Å²) in [4.78, 5) is 21.8. The van der Waals surface area contributed by atoms with E-state index in [9.17, 15) is 9.59 Å². The smallest absolute Gasteiger partial charge is 0.286 e. The highest BCUT2D eigenvalue weighted by Gasteiger charge is 2.07. The summed E-state index contributed by atoms with van der Waals surface area (Å²) in [5.74, 6) is -1.26. The molecule has 1 radical (unpaired) electrons. The average molecular weight is 217 g/mol. The maximum absolute atomic E-state index is 11.0. The lowest BCUT2D eigenvalue weighted by atomic mass is 10.1. The molecule has 83 valence electrons. The van der Waals surface area contributed by atoms with Crippen molar-refractivity contribution in [1.82, 2.24) is 11.1 Å². The Morgan fingerprint density at radius 3 is 2.44 bits per heavy atom. The first-order valence-corrected chi connectivity index (χ1v) is 4.81. The van der Waals surface area contributed by atoms with Gasteiger partial charge in [0.1, 0.15) is 5.70 Å². The molecular weight excluding hydrogens is 204 g/mol. The van der Waals surface area contributed by atoms with Crippen molar-refractivity contribution in [3.05, 3.63) is 41.1 Å². The largest absolute Gasteiger partial charge is 0.322 e. The third-order valence-electron chi connectivity index (χ3n) is 2.04. The summed E-state index contributed by atoms with van der Waals surface area (Å²) in [6.07, 6.45) is 1.51. The number of nitrogens with one attached hydrogen (secondary N) is 2. The van der Waals surface area contributed by atoms with Gasteiger partial charge < -0.3 is 5.32 Å². The molecule has 0 spiro atoms. The molecule has 1 aromatic rings. The first-order valence-electron chi connectivity index (χ1n) is 4.81. The Morgan fingerprint density at radius 1 is 1.31 bits per heavy atom. The minimum absolute atomic E-state index is 0.0122. The summed E-state index contributed by atoms with van der Waals surface area (Å²) in [6.45, 7) is 3.19. The molecule has 0 aliphatic rings. The molecule has 16 heavy (non-hydrogen) atoms. The normalized spacial score (nSPS) is 11.0. The zero-order valence-corrected chi connectivity index (χ0v) is 9.20. The van der Waals surface area contributed by atoms with Crippen molar-refractivity contribution in [2.45, 2.75) is 13.8 Å². The predicted molar refractivity (Wildman–Crippen MR) is 61.1 cm³/mol. The zero-order chi connectivity index (χ0) is 12.1. The van der Waals surface area contributed by atoms with E-state index >= 15 is 0 Å². The molecule has 0 heterocycles. The van der Waals surface area contributed by atoms with Crippen LogP contribution in [0.1, 0.15) is 18.1 Å². The topological polar surface area (TPSA) is 70.0 Å². The highest BCUT2D eigenvalue weighted by Crippen LogP contribution is 2.10. The van der Waals surface area contributed by atoms with E-state index in [1.54, 1.807) is 0 Å². The second-order valence-corrected chi connectivity index (χ2v) is 3.42. The number of amides is 2. The van der Waals surface area contributed by atoms with Crippen molar-refractivity contribution in [2.75, 3.05) is 0 Å². The Balaban J connectivity index is 3.07.